The molecular weight excluding hydrogens is 262 g/mol. The first kappa shape index (κ1) is 13.3. The predicted molar refractivity (Wildman–Crippen MR) is 81.3 cm³/mol. The number of carbonyl (C=O) groups is 1. The lowest BCUT2D eigenvalue weighted by molar-refractivity contribution is -0.123. The van der Waals surface area contributed by atoms with Gasteiger partial charge in [-0.05, 0) is 32.4 Å². The third kappa shape index (κ3) is 2.65. The molecule has 1 aromatic carbocycles. The highest BCUT2D eigenvalue weighted by Gasteiger charge is 2.33. The molecule has 4 heteroatoms. The third-order valence-electron chi connectivity index (χ3n) is 2.72. The molecule has 2 rings (SSSR count). The Balaban J connectivity index is 2.28. The zero-order chi connectivity index (χ0) is 13.3. The summed E-state index contributed by atoms with van der Waals surface area (Å²) in [5.74, 6) is 0.0144. The van der Waals surface area contributed by atoms with Crippen LogP contribution in [-0.2, 0) is 4.79 Å². The number of benzene rings is 1. The monoisotopic (exact) mass is 277 g/mol. The molecule has 2 nitrogen and oxygen atoms in total. The maximum absolute atomic E-state index is 12.2. The first-order valence-electron chi connectivity index (χ1n) is 5.83. The van der Waals surface area contributed by atoms with Gasteiger partial charge in [-0.3, -0.25) is 9.69 Å². The molecule has 1 heterocycles. The van der Waals surface area contributed by atoms with Crippen molar-refractivity contribution in [1.82, 2.24) is 4.90 Å². The molecule has 94 valence electrons. The molecule has 0 radical (unpaired) electrons. The average molecular weight is 277 g/mol. The van der Waals surface area contributed by atoms with Crippen LogP contribution < -0.4 is 0 Å². The van der Waals surface area contributed by atoms with Crippen molar-refractivity contribution >= 4 is 40.3 Å². The molecule has 0 N–H and O–H groups in total. The van der Waals surface area contributed by atoms with Gasteiger partial charge in [0.25, 0.3) is 5.91 Å². The van der Waals surface area contributed by atoms with Crippen LogP contribution in [0.5, 0.6) is 0 Å². The Morgan fingerprint density at radius 1 is 1.28 bits per heavy atom. The van der Waals surface area contributed by atoms with E-state index >= 15 is 0 Å². The Hall–Kier alpha value is -1.13. The number of rotatable bonds is 2. The summed E-state index contributed by atoms with van der Waals surface area (Å²) in [6.07, 6.45) is 1.90. The molecule has 1 fully saturated rings. The summed E-state index contributed by atoms with van der Waals surface area (Å²) in [5, 5.41) is 0. The zero-order valence-corrected chi connectivity index (χ0v) is 12.3. The van der Waals surface area contributed by atoms with Crippen molar-refractivity contribution in [3.8, 4) is 0 Å². The second-order valence-electron chi connectivity index (χ2n) is 4.56. The molecule has 0 atom stereocenters. The van der Waals surface area contributed by atoms with Crippen LogP contribution >= 0.6 is 24.0 Å². The summed E-state index contributed by atoms with van der Waals surface area (Å²) in [7, 11) is 0. The fourth-order valence-corrected chi connectivity index (χ4v) is 3.26. The van der Waals surface area contributed by atoms with Gasteiger partial charge in [0.1, 0.15) is 4.32 Å². The van der Waals surface area contributed by atoms with E-state index in [2.05, 4.69) is 0 Å². The largest absolute Gasteiger partial charge is 0.290 e. The number of thiocarbonyl (C=S) groups is 1. The lowest BCUT2D eigenvalue weighted by Crippen LogP contribution is -2.34. The molecule has 1 aromatic rings. The maximum Gasteiger partial charge on any atom is 0.266 e. The van der Waals surface area contributed by atoms with Gasteiger partial charge in [-0.15, -0.1) is 0 Å². The Morgan fingerprint density at radius 3 is 2.39 bits per heavy atom. The fraction of sp³-hybridized carbons (Fsp3) is 0.286. The summed E-state index contributed by atoms with van der Waals surface area (Å²) < 4.78 is 0.647. The van der Waals surface area contributed by atoms with Gasteiger partial charge in [0, 0.05) is 6.04 Å². The SMILES string of the molecule is Cc1ccc(/C=C2/SC(=S)N(C(C)C)C2=O)cc1. The summed E-state index contributed by atoms with van der Waals surface area (Å²) in [4.78, 5) is 14.6. The molecular formula is C14H15NOS2. The number of amides is 1. The highest BCUT2D eigenvalue weighted by Crippen LogP contribution is 2.33. The predicted octanol–water partition coefficient (Wildman–Crippen LogP) is 3.60. The van der Waals surface area contributed by atoms with Gasteiger partial charge >= 0.3 is 0 Å². The van der Waals surface area contributed by atoms with Gasteiger partial charge < -0.3 is 0 Å². The lowest BCUT2D eigenvalue weighted by atomic mass is 10.1. The van der Waals surface area contributed by atoms with Crippen molar-refractivity contribution in [2.45, 2.75) is 26.8 Å². The first-order valence-corrected chi connectivity index (χ1v) is 7.05. The van der Waals surface area contributed by atoms with E-state index in [4.69, 9.17) is 12.2 Å². The molecule has 0 bridgehead atoms. The third-order valence-corrected chi connectivity index (χ3v) is 4.05. The molecule has 0 aliphatic carbocycles. The van der Waals surface area contributed by atoms with Gasteiger partial charge in [-0.2, -0.15) is 0 Å². The summed E-state index contributed by atoms with van der Waals surface area (Å²) in [6, 6.07) is 8.21. The van der Waals surface area contributed by atoms with Crippen LogP contribution in [0.1, 0.15) is 25.0 Å². The van der Waals surface area contributed by atoms with Crippen LogP contribution in [-0.4, -0.2) is 21.2 Å². The van der Waals surface area contributed by atoms with Crippen molar-refractivity contribution in [2.24, 2.45) is 0 Å². The van der Waals surface area contributed by atoms with Crippen molar-refractivity contribution in [2.75, 3.05) is 0 Å². The number of hydrogen-bond acceptors (Lipinski definition) is 3. The van der Waals surface area contributed by atoms with Gasteiger partial charge in [0.2, 0.25) is 0 Å². The van der Waals surface area contributed by atoms with Crippen molar-refractivity contribution < 1.29 is 4.79 Å². The molecule has 1 amide bonds. The van der Waals surface area contributed by atoms with Crippen LogP contribution in [0.15, 0.2) is 29.2 Å². The Labute approximate surface area is 117 Å². The maximum atomic E-state index is 12.2. The summed E-state index contributed by atoms with van der Waals surface area (Å²) >= 11 is 6.61. The zero-order valence-electron chi connectivity index (χ0n) is 10.6. The van der Waals surface area contributed by atoms with E-state index in [1.165, 1.54) is 17.3 Å². The minimum Gasteiger partial charge on any atom is -0.290 e. The van der Waals surface area contributed by atoms with Gasteiger partial charge in [0.15, 0.2) is 0 Å². The van der Waals surface area contributed by atoms with E-state index in [1.54, 1.807) is 4.90 Å². The second-order valence-corrected chi connectivity index (χ2v) is 6.23. The van der Waals surface area contributed by atoms with E-state index in [1.807, 2.05) is 51.1 Å². The topological polar surface area (TPSA) is 20.3 Å². The second kappa shape index (κ2) is 5.24. The van der Waals surface area contributed by atoms with E-state index in [-0.39, 0.29) is 11.9 Å². The van der Waals surface area contributed by atoms with Crippen molar-refractivity contribution in [1.29, 1.82) is 0 Å². The summed E-state index contributed by atoms with van der Waals surface area (Å²) in [5.41, 5.74) is 2.24. The number of hydrogen-bond donors (Lipinski definition) is 0. The molecule has 1 aliphatic heterocycles. The standard InChI is InChI=1S/C14H15NOS2/c1-9(2)15-13(16)12(18-14(15)17)8-11-6-4-10(3)5-7-11/h4-9H,1-3H3/b12-8+. The Kier molecular flexibility index (Phi) is 3.88. The van der Waals surface area contributed by atoms with Crippen molar-refractivity contribution in [3.63, 3.8) is 0 Å². The highest BCUT2D eigenvalue weighted by molar-refractivity contribution is 8.26. The molecule has 0 unspecified atom stereocenters. The van der Waals surface area contributed by atoms with Gasteiger partial charge in [-0.1, -0.05) is 53.8 Å². The Morgan fingerprint density at radius 2 is 1.89 bits per heavy atom. The van der Waals surface area contributed by atoms with E-state index in [0.29, 0.717) is 9.23 Å². The minimum absolute atomic E-state index is 0.0144. The molecule has 0 aromatic heterocycles. The van der Waals surface area contributed by atoms with Crippen LogP contribution in [0.2, 0.25) is 0 Å². The smallest absolute Gasteiger partial charge is 0.266 e. The Bertz CT molecular complexity index is 517. The molecule has 1 aliphatic rings. The van der Waals surface area contributed by atoms with Crippen LogP contribution in [0, 0.1) is 6.92 Å². The summed E-state index contributed by atoms with van der Waals surface area (Å²) in [6.45, 7) is 5.99. The molecule has 0 saturated carbocycles. The first-order chi connectivity index (χ1) is 8.49. The quantitative estimate of drug-likeness (QED) is 0.608. The van der Waals surface area contributed by atoms with E-state index in [9.17, 15) is 4.79 Å². The number of nitrogens with zero attached hydrogens (tertiary/aromatic N) is 1. The number of thioether (sulfide) groups is 1. The molecule has 1 saturated heterocycles. The fourth-order valence-electron chi connectivity index (χ4n) is 1.74. The van der Waals surface area contributed by atoms with Gasteiger partial charge in [0.05, 0.1) is 4.91 Å². The van der Waals surface area contributed by atoms with Crippen LogP contribution in [0.25, 0.3) is 6.08 Å². The van der Waals surface area contributed by atoms with E-state index in [0.717, 1.165) is 5.56 Å². The highest BCUT2D eigenvalue weighted by atomic mass is 32.2. The lowest BCUT2D eigenvalue weighted by Gasteiger charge is -2.18. The van der Waals surface area contributed by atoms with Crippen molar-refractivity contribution in [3.05, 3.63) is 40.3 Å². The average Bonchev–Trinajstić information content (AvgIpc) is 2.57. The normalized spacial score (nSPS) is 18.2. The van der Waals surface area contributed by atoms with Crippen LogP contribution in [0.4, 0.5) is 0 Å². The van der Waals surface area contributed by atoms with Gasteiger partial charge in [-0.25, -0.2) is 0 Å². The molecule has 18 heavy (non-hydrogen) atoms. The molecule has 0 spiro atoms. The number of carbonyl (C=O) groups excluding carboxylic acids is 1. The minimum atomic E-state index is 0.0144. The van der Waals surface area contributed by atoms with Crippen LogP contribution in [0.3, 0.4) is 0 Å². The van der Waals surface area contributed by atoms with E-state index < -0.39 is 0 Å². The number of aryl methyl sites for hydroxylation is 1.